The molecule has 0 spiro atoms. The van der Waals surface area contributed by atoms with Crippen LogP contribution in [-0.4, -0.2) is 24.8 Å². The van der Waals surface area contributed by atoms with Gasteiger partial charge in [0.05, 0.1) is 6.54 Å². The van der Waals surface area contributed by atoms with E-state index in [2.05, 4.69) is 38.0 Å². The molecule has 0 aromatic carbocycles. The summed E-state index contributed by atoms with van der Waals surface area (Å²) in [5.41, 5.74) is 1.30. The Balaban J connectivity index is 3.36. The van der Waals surface area contributed by atoms with Crippen LogP contribution in [0.4, 0.5) is 0 Å². The normalized spacial score (nSPS) is 12.5. The molecule has 0 bridgehead atoms. The van der Waals surface area contributed by atoms with Gasteiger partial charge in [0.15, 0.2) is 0 Å². The maximum Gasteiger partial charge on any atom is 0.0513 e. The summed E-state index contributed by atoms with van der Waals surface area (Å²) in [6, 6.07) is 0.575. The molecule has 13 heavy (non-hydrogen) atoms. The molecule has 0 atom stereocenters. The van der Waals surface area contributed by atoms with Crippen LogP contribution in [0.3, 0.4) is 0 Å². The summed E-state index contributed by atoms with van der Waals surface area (Å²) in [4.78, 5) is 4.49. The predicted molar refractivity (Wildman–Crippen MR) is 60.6 cm³/mol. The highest BCUT2D eigenvalue weighted by atomic mass is 14.9. The van der Waals surface area contributed by atoms with Crippen molar-refractivity contribution in [1.29, 1.82) is 0 Å². The van der Waals surface area contributed by atoms with Gasteiger partial charge in [0.1, 0.15) is 0 Å². The van der Waals surface area contributed by atoms with E-state index in [-0.39, 0.29) is 0 Å². The van der Waals surface area contributed by atoms with Gasteiger partial charge in [-0.1, -0.05) is 27.2 Å². The average Bonchev–Trinajstić information content (AvgIpc) is 2.08. The van der Waals surface area contributed by atoms with E-state index in [0.29, 0.717) is 6.04 Å². The summed E-state index contributed by atoms with van der Waals surface area (Å²) < 4.78 is 0. The van der Waals surface area contributed by atoms with E-state index in [0.717, 1.165) is 19.5 Å². The molecule has 0 rings (SSSR count). The second-order valence-corrected chi connectivity index (χ2v) is 3.83. The first-order valence-corrected chi connectivity index (χ1v) is 5.40. The summed E-state index contributed by atoms with van der Waals surface area (Å²) in [6.45, 7) is 10.6. The first-order valence-electron chi connectivity index (χ1n) is 5.40. The lowest BCUT2D eigenvalue weighted by molar-refractivity contribution is 0.596. The van der Waals surface area contributed by atoms with E-state index >= 15 is 0 Å². The Hall–Kier alpha value is -0.370. The van der Waals surface area contributed by atoms with E-state index < -0.39 is 0 Å². The summed E-state index contributed by atoms with van der Waals surface area (Å²) in [5.74, 6) is 0. The maximum atomic E-state index is 4.49. The summed E-state index contributed by atoms with van der Waals surface area (Å²) in [6.07, 6.45) is 3.70. The summed E-state index contributed by atoms with van der Waals surface area (Å²) in [7, 11) is 0. The largest absolute Gasteiger partial charge is 0.313 e. The van der Waals surface area contributed by atoms with Crippen LogP contribution in [0, 0.1) is 0 Å². The van der Waals surface area contributed by atoms with Crippen LogP contribution in [0.5, 0.6) is 0 Å². The number of hydrogen-bond donors (Lipinski definition) is 1. The Labute approximate surface area is 82.8 Å². The van der Waals surface area contributed by atoms with Crippen LogP contribution in [-0.2, 0) is 0 Å². The Morgan fingerprint density at radius 1 is 1.38 bits per heavy atom. The summed E-state index contributed by atoms with van der Waals surface area (Å²) >= 11 is 0. The smallest absolute Gasteiger partial charge is 0.0513 e. The molecule has 0 saturated carbocycles. The van der Waals surface area contributed by atoms with Gasteiger partial charge in [0.2, 0.25) is 0 Å². The van der Waals surface area contributed by atoms with Crippen molar-refractivity contribution in [2.75, 3.05) is 13.1 Å². The molecule has 0 fully saturated rings. The molecular weight excluding hydrogens is 160 g/mol. The minimum Gasteiger partial charge on any atom is -0.313 e. The Morgan fingerprint density at radius 3 is 2.62 bits per heavy atom. The molecule has 0 heterocycles. The molecule has 0 amide bonds. The minimum absolute atomic E-state index is 0.575. The lowest BCUT2D eigenvalue weighted by Gasteiger charge is -2.05. The van der Waals surface area contributed by atoms with Crippen LogP contribution < -0.4 is 5.32 Å². The first kappa shape index (κ1) is 12.6. The van der Waals surface area contributed by atoms with E-state index in [9.17, 15) is 0 Å². The second-order valence-electron chi connectivity index (χ2n) is 3.83. The third-order valence-corrected chi connectivity index (χ3v) is 1.94. The highest BCUT2D eigenvalue weighted by Gasteiger charge is 1.92. The Morgan fingerprint density at radius 2 is 2.08 bits per heavy atom. The molecule has 1 N–H and O–H groups in total. The van der Waals surface area contributed by atoms with Crippen LogP contribution in [0.25, 0.3) is 0 Å². The van der Waals surface area contributed by atoms with Gasteiger partial charge in [0, 0.05) is 18.3 Å². The van der Waals surface area contributed by atoms with E-state index in [1.807, 2.05) is 0 Å². The highest BCUT2D eigenvalue weighted by molar-refractivity contribution is 5.81. The van der Waals surface area contributed by atoms with E-state index in [4.69, 9.17) is 0 Å². The first-order chi connectivity index (χ1) is 6.16. The number of aliphatic imine (C=N–C) groups is 1. The zero-order chi connectivity index (χ0) is 10.1. The topological polar surface area (TPSA) is 24.4 Å². The highest BCUT2D eigenvalue weighted by Crippen LogP contribution is 1.96. The SMILES string of the molecule is CCCCC(C)=NCCNC(C)C. The van der Waals surface area contributed by atoms with E-state index in [1.165, 1.54) is 18.6 Å². The second kappa shape index (κ2) is 8.24. The fourth-order valence-electron chi connectivity index (χ4n) is 1.11. The van der Waals surface area contributed by atoms with Crippen LogP contribution in [0.15, 0.2) is 4.99 Å². The lowest BCUT2D eigenvalue weighted by atomic mass is 10.2. The molecule has 0 radical (unpaired) electrons. The van der Waals surface area contributed by atoms with Crippen LogP contribution >= 0.6 is 0 Å². The zero-order valence-electron chi connectivity index (χ0n) is 9.56. The Bertz CT molecular complexity index is 139. The molecule has 0 aromatic heterocycles. The maximum absolute atomic E-state index is 4.49. The number of nitrogens with zero attached hydrogens (tertiary/aromatic N) is 1. The fourth-order valence-corrected chi connectivity index (χ4v) is 1.11. The molecule has 0 unspecified atom stereocenters. The van der Waals surface area contributed by atoms with Gasteiger partial charge >= 0.3 is 0 Å². The fraction of sp³-hybridized carbons (Fsp3) is 0.909. The quantitative estimate of drug-likeness (QED) is 0.477. The van der Waals surface area contributed by atoms with Gasteiger partial charge in [-0.15, -0.1) is 0 Å². The van der Waals surface area contributed by atoms with Crippen molar-refractivity contribution in [3.05, 3.63) is 0 Å². The average molecular weight is 184 g/mol. The van der Waals surface area contributed by atoms with Crippen molar-refractivity contribution in [2.45, 2.75) is 53.0 Å². The van der Waals surface area contributed by atoms with Crippen LogP contribution in [0.1, 0.15) is 47.0 Å². The van der Waals surface area contributed by atoms with E-state index in [1.54, 1.807) is 0 Å². The van der Waals surface area contributed by atoms with Gasteiger partial charge in [-0.05, 0) is 19.8 Å². The molecule has 2 nitrogen and oxygen atoms in total. The Kier molecular flexibility index (Phi) is 8.00. The number of rotatable bonds is 7. The molecule has 0 aliphatic heterocycles. The minimum atomic E-state index is 0.575. The van der Waals surface area contributed by atoms with Gasteiger partial charge < -0.3 is 5.32 Å². The molecule has 0 aliphatic carbocycles. The molecular formula is C11H24N2. The monoisotopic (exact) mass is 184 g/mol. The van der Waals surface area contributed by atoms with Gasteiger partial charge in [-0.2, -0.15) is 0 Å². The number of unbranched alkanes of at least 4 members (excludes halogenated alkanes) is 1. The van der Waals surface area contributed by atoms with Crippen molar-refractivity contribution in [3.63, 3.8) is 0 Å². The standard InChI is InChI=1S/C11H24N2/c1-5-6-7-11(4)13-9-8-12-10(2)3/h10,12H,5-9H2,1-4H3. The lowest BCUT2D eigenvalue weighted by Crippen LogP contribution is -2.25. The van der Waals surface area contributed by atoms with Gasteiger partial charge in [0.25, 0.3) is 0 Å². The van der Waals surface area contributed by atoms with Gasteiger partial charge in [-0.3, -0.25) is 4.99 Å². The number of nitrogens with one attached hydrogen (secondary N) is 1. The molecule has 0 aliphatic rings. The molecule has 0 saturated heterocycles. The predicted octanol–water partition coefficient (Wildman–Crippen LogP) is 2.64. The van der Waals surface area contributed by atoms with Gasteiger partial charge in [-0.25, -0.2) is 0 Å². The van der Waals surface area contributed by atoms with Crippen molar-refractivity contribution in [3.8, 4) is 0 Å². The molecule has 0 aromatic rings. The van der Waals surface area contributed by atoms with Crippen molar-refractivity contribution in [2.24, 2.45) is 4.99 Å². The van der Waals surface area contributed by atoms with Crippen molar-refractivity contribution in [1.82, 2.24) is 5.32 Å². The third kappa shape index (κ3) is 9.54. The molecule has 2 heteroatoms. The molecule has 78 valence electrons. The van der Waals surface area contributed by atoms with Crippen molar-refractivity contribution >= 4 is 5.71 Å². The number of hydrogen-bond acceptors (Lipinski definition) is 2. The third-order valence-electron chi connectivity index (χ3n) is 1.94. The van der Waals surface area contributed by atoms with Crippen molar-refractivity contribution < 1.29 is 0 Å². The van der Waals surface area contributed by atoms with Crippen LogP contribution in [0.2, 0.25) is 0 Å². The zero-order valence-corrected chi connectivity index (χ0v) is 9.56. The summed E-state index contributed by atoms with van der Waals surface area (Å²) in [5, 5.41) is 3.35.